The number of phenols is 1. The van der Waals surface area contributed by atoms with E-state index in [1.807, 2.05) is 54.3 Å². The van der Waals surface area contributed by atoms with Gasteiger partial charge in [0.25, 0.3) is 5.91 Å². The van der Waals surface area contributed by atoms with Gasteiger partial charge in [0.15, 0.2) is 11.5 Å². The number of phenolic OH excluding ortho intramolecular Hbond substituents is 1. The molecule has 8 nitrogen and oxygen atoms in total. The smallest absolute Gasteiger partial charge is 0.273 e. The van der Waals surface area contributed by atoms with Crippen molar-refractivity contribution < 1.29 is 24.1 Å². The Balaban J connectivity index is 1.57. The lowest BCUT2D eigenvalue weighted by Crippen LogP contribution is -2.31. The maximum absolute atomic E-state index is 13.8. The highest BCUT2D eigenvalue weighted by atomic mass is 35.5. The second-order valence-electron chi connectivity index (χ2n) is 10.1. The third-order valence-electron chi connectivity index (χ3n) is 7.46. The molecule has 214 valence electrons. The first kappa shape index (κ1) is 28.4. The third kappa shape index (κ3) is 5.57. The van der Waals surface area contributed by atoms with Gasteiger partial charge < -0.3 is 24.2 Å². The van der Waals surface area contributed by atoms with Gasteiger partial charge in [-0.15, -0.1) is 0 Å². The molecule has 0 spiro atoms. The molecular weight excluding hydrogens is 542 g/mol. The monoisotopic (exact) mass is 575 g/mol. The van der Waals surface area contributed by atoms with Crippen molar-refractivity contribution in [2.75, 3.05) is 27.4 Å². The largest absolute Gasteiger partial charge is 0.507 e. The number of nitrogens with one attached hydrogen (secondary N) is 1. The number of methoxy groups -OCH3 is 2. The summed E-state index contributed by atoms with van der Waals surface area (Å²) in [4.78, 5) is 15.7. The van der Waals surface area contributed by atoms with Crippen molar-refractivity contribution in [1.82, 2.24) is 15.1 Å². The van der Waals surface area contributed by atoms with Crippen molar-refractivity contribution in [2.45, 2.75) is 39.2 Å². The Bertz CT molecular complexity index is 1550. The number of hydrogen-bond donors (Lipinski definition) is 2. The maximum Gasteiger partial charge on any atom is 0.273 e. The number of H-pyrrole nitrogens is 1. The lowest BCUT2D eigenvalue weighted by atomic mass is 9.94. The zero-order valence-corrected chi connectivity index (χ0v) is 24.4. The molecule has 41 heavy (non-hydrogen) atoms. The van der Waals surface area contributed by atoms with Crippen molar-refractivity contribution in [3.8, 4) is 34.3 Å². The highest BCUT2D eigenvalue weighted by Crippen LogP contribution is 2.46. The van der Waals surface area contributed by atoms with Gasteiger partial charge in [0.05, 0.1) is 26.9 Å². The molecule has 1 unspecified atom stereocenters. The first-order valence-electron chi connectivity index (χ1n) is 13.7. The Kier molecular flexibility index (Phi) is 8.40. The molecule has 1 aromatic heterocycles. The van der Waals surface area contributed by atoms with Crippen molar-refractivity contribution in [2.24, 2.45) is 0 Å². The molecule has 2 heterocycles. The molecule has 1 aliphatic rings. The summed E-state index contributed by atoms with van der Waals surface area (Å²) in [5.74, 6) is 1.88. The number of aryl methyl sites for hydroxylation is 1. The van der Waals surface area contributed by atoms with Crippen molar-refractivity contribution in [1.29, 1.82) is 0 Å². The number of ether oxygens (including phenoxy) is 3. The fourth-order valence-electron chi connectivity index (χ4n) is 5.18. The maximum atomic E-state index is 13.8. The van der Waals surface area contributed by atoms with Gasteiger partial charge in [0.1, 0.15) is 22.9 Å². The first-order valence-corrected chi connectivity index (χ1v) is 14.1. The van der Waals surface area contributed by atoms with Crippen LogP contribution in [0.5, 0.6) is 23.0 Å². The number of aromatic nitrogens is 2. The summed E-state index contributed by atoms with van der Waals surface area (Å²) in [5.41, 5.74) is 4.67. The summed E-state index contributed by atoms with van der Waals surface area (Å²) in [5, 5.41) is 18.8. The van der Waals surface area contributed by atoms with E-state index in [1.165, 1.54) is 0 Å². The molecule has 1 aliphatic heterocycles. The van der Waals surface area contributed by atoms with Crippen LogP contribution in [0.3, 0.4) is 0 Å². The topological polar surface area (TPSA) is 96.9 Å². The summed E-state index contributed by atoms with van der Waals surface area (Å²) < 4.78 is 17.0. The Morgan fingerprint density at radius 1 is 1.05 bits per heavy atom. The summed E-state index contributed by atoms with van der Waals surface area (Å²) >= 11 is 6.45. The van der Waals surface area contributed by atoms with E-state index in [0.29, 0.717) is 58.6 Å². The lowest BCUT2D eigenvalue weighted by Gasteiger charge is -2.27. The molecule has 9 heteroatoms. The second kappa shape index (κ2) is 12.1. The van der Waals surface area contributed by atoms with Crippen LogP contribution in [-0.2, 0) is 6.42 Å². The van der Waals surface area contributed by atoms with E-state index in [0.717, 1.165) is 35.3 Å². The number of rotatable bonds is 11. The number of carbonyl (C=O) groups is 1. The molecule has 0 fully saturated rings. The number of halogens is 1. The van der Waals surface area contributed by atoms with Gasteiger partial charge >= 0.3 is 0 Å². The Labute approximate surface area is 244 Å². The van der Waals surface area contributed by atoms with Gasteiger partial charge in [-0.1, -0.05) is 43.1 Å². The summed E-state index contributed by atoms with van der Waals surface area (Å²) in [6.07, 6.45) is 2.59. The number of aromatic hydroxyl groups is 1. The van der Waals surface area contributed by atoms with Gasteiger partial charge in [-0.3, -0.25) is 9.89 Å². The molecule has 1 amide bonds. The molecule has 2 N–H and O–H groups in total. The van der Waals surface area contributed by atoms with Crippen LogP contribution >= 0.6 is 11.6 Å². The zero-order valence-electron chi connectivity index (χ0n) is 23.7. The minimum atomic E-state index is -0.484. The highest BCUT2D eigenvalue weighted by Gasteiger charge is 2.42. The van der Waals surface area contributed by atoms with Crippen LogP contribution in [0, 0.1) is 6.92 Å². The molecule has 4 aromatic rings. The average Bonchev–Trinajstić information content (AvgIpc) is 3.52. The van der Waals surface area contributed by atoms with Crippen LogP contribution in [-0.4, -0.2) is 53.5 Å². The van der Waals surface area contributed by atoms with Crippen LogP contribution in [0.2, 0.25) is 5.02 Å². The molecular formula is C32H34ClN3O5. The van der Waals surface area contributed by atoms with E-state index in [2.05, 4.69) is 17.1 Å². The zero-order chi connectivity index (χ0) is 29.1. The second-order valence-corrected chi connectivity index (χ2v) is 10.5. The Morgan fingerprint density at radius 3 is 2.54 bits per heavy atom. The standard InChI is InChI=1S/C32H34ClN3O5/c1-5-6-15-41-26-12-9-21(17-27(26)40-4)31-28-29(23-18-24(33)19(2)16-25(23)37)34-35-30(28)32(38)36(31)14-13-20-7-10-22(39-3)11-8-20/h7-12,16-18,31,37H,5-6,13-15H2,1-4H3,(H,34,35). The predicted molar refractivity (Wildman–Crippen MR) is 158 cm³/mol. The Hall–Kier alpha value is -4.17. The van der Waals surface area contributed by atoms with E-state index >= 15 is 0 Å². The molecule has 0 bridgehead atoms. The highest BCUT2D eigenvalue weighted by molar-refractivity contribution is 6.31. The minimum Gasteiger partial charge on any atom is -0.507 e. The normalized spacial score (nSPS) is 14.3. The molecule has 0 radical (unpaired) electrons. The van der Waals surface area contributed by atoms with Crippen molar-refractivity contribution >= 4 is 17.5 Å². The van der Waals surface area contributed by atoms with E-state index in [-0.39, 0.29) is 11.7 Å². The summed E-state index contributed by atoms with van der Waals surface area (Å²) in [7, 11) is 3.24. The molecule has 1 atom stereocenters. The number of aromatic amines is 1. The van der Waals surface area contributed by atoms with Crippen LogP contribution in [0.4, 0.5) is 0 Å². The van der Waals surface area contributed by atoms with E-state index < -0.39 is 6.04 Å². The summed E-state index contributed by atoms with van der Waals surface area (Å²) in [6, 6.07) is 16.4. The van der Waals surface area contributed by atoms with Gasteiger partial charge in [-0.2, -0.15) is 5.10 Å². The number of carbonyl (C=O) groups excluding carboxylic acids is 1. The number of fused-ring (bicyclic) bond motifs is 1. The predicted octanol–water partition coefficient (Wildman–Crippen LogP) is 6.73. The number of unbranched alkanes of at least 4 members (excludes halogenated alkanes) is 1. The first-order chi connectivity index (χ1) is 19.9. The van der Waals surface area contributed by atoms with Crippen LogP contribution < -0.4 is 14.2 Å². The fourth-order valence-corrected chi connectivity index (χ4v) is 5.34. The van der Waals surface area contributed by atoms with Crippen molar-refractivity contribution in [3.63, 3.8) is 0 Å². The summed E-state index contributed by atoms with van der Waals surface area (Å²) in [6.45, 7) is 4.98. The van der Waals surface area contributed by atoms with Gasteiger partial charge in [-0.05, 0) is 72.9 Å². The van der Waals surface area contributed by atoms with E-state index in [1.54, 1.807) is 26.4 Å². The van der Waals surface area contributed by atoms with Crippen LogP contribution in [0.25, 0.3) is 11.3 Å². The molecule has 3 aromatic carbocycles. The van der Waals surface area contributed by atoms with E-state index in [4.69, 9.17) is 25.8 Å². The van der Waals surface area contributed by atoms with E-state index in [9.17, 15) is 9.90 Å². The van der Waals surface area contributed by atoms with Crippen LogP contribution in [0.1, 0.15) is 58.5 Å². The molecule has 0 aliphatic carbocycles. The van der Waals surface area contributed by atoms with Gasteiger partial charge in [0, 0.05) is 22.7 Å². The number of benzene rings is 3. The number of amides is 1. The quantitative estimate of drug-likeness (QED) is 0.193. The van der Waals surface area contributed by atoms with Gasteiger partial charge in [0.2, 0.25) is 0 Å². The minimum absolute atomic E-state index is 0.0429. The average molecular weight is 576 g/mol. The number of hydrogen-bond acceptors (Lipinski definition) is 6. The fraction of sp³-hybridized carbons (Fsp3) is 0.312. The molecule has 5 rings (SSSR count). The van der Waals surface area contributed by atoms with Crippen molar-refractivity contribution in [3.05, 3.63) is 87.6 Å². The van der Waals surface area contributed by atoms with Crippen LogP contribution in [0.15, 0.2) is 54.6 Å². The lowest BCUT2D eigenvalue weighted by molar-refractivity contribution is 0.0745. The molecule has 0 saturated heterocycles. The number of nitrogens with zero attached hydrogens (tertiary/aromatic N) is 2. The SMILES string of the molecule is CCCCOc1ccc(C2c3c(-c4cc(Cl)c(C)cc4O)n[nH]c3C(=O)N2CCc2ccc(OC)cc2)cc1OC. The van der Waals surface area contributed by atoms with Gasteiger partial charge in [-0.25, -0.2) is 0 Å². The Morgan fingerprint density at radius 2 is 1.83 bits per heavy atom. The molecule has 0 saturated carbocycles. The third-order valence-corrected chi connectivity index (χ3v) is 7.86.